The van der Waals surface area contributed by atoms with Crippen LogP contribution in [-0.4, -0.2) is 13.1 Å². The summed E-state index contributed by atoms with van der Waals surface area (Å²) in [5.41, 5.74) is 10.3. The average molecular weight is 184 g/mol. The van der Waals surface area contributed by atoms with E-state index in [1.165, 1.54) is 0 Å². The van der Waals surface area contributed by atoms with E-state index in [2.05, 4.69) is 0 Å². The Kier molecular flexibility index (Phi) is 342. The number of nitrogens with two attached hydrogens (primary N) is 2. The van der Waals surface area contributed by atoms with Gasteiger partial charge in [-0.25, -0.2) is 0 Å². The predicted octanol–water partition coefficient (Wildman–Crippen LogP) is 3.50. The van der Waals surface area contributed by atoms with Crippen molar-refractivity contribution < 1.29 is 0 Å². The van der Waals surface area contributed by atoms with Gasteiger partial charge in [0.2, 0.25) is 0 Å². The van der Waals surface area contributed by atoms with E-state index in [0.29, 0.717) is 0 Å². The molecule has 0 radical (unpaired) electrons. The molecule has 0 spiro atoms. The standard InChI is InChI=1S/C4H12N2.6CH4/c5-3-1-2-4-6;;;;;;/h1-6H2;6*1H4. The van der Waals surface area contributed by atoms with Crippen molar-refractivity contribution >= 4 is 0 Å². The summed E-state index contributed by atoms with van der Waals surface area (Å²) in [6, 6.07) is 0. The molecule has 0 atom stereocenters. The molecule has 2 heteroatoms. The molecule has 12 heavy (non-hydrogen) atoms. The maximum atomic E-state index is 5.16. The van der Waals surface area contributed by atoms with Crippen LogP contribution >= 0.6 is 0 Å². The van der Waals surface area contributed by atoms with Gasteiger partial charge in [-0.15, -0.1) is 0 Å². The van der Waals surface area contributed by atoms with Crippen LogP contribution in [0.1, 0.15) is 57.4 Å². The van der Waals surface area contributed by atoms with Crippen LogP contribution in [0.5, 0.6) is 0 Å². The van der Waals surface area contributed by atoms with Crippen LogP contribution in [0.15, 0.2) is 0 Å². The molecule has 86 valence electrons. The van der Waals surface area contributed by atoms with Crippen LogP contribution in [-0.2, 0) is 0 Å². The van der Waals surface area contributed by atoms with Crippen LogP contribution in [0.2, 0.25) is 0 Å². The number of hydrogen-bond acceptors (Lipinski definition) is 2. The molecule has 0 aliphatic rings. The molecule has 0 aromatic rings. The fraction of sp³-hybridized carbons (Fsp3) is 1.00. The van der Waals surface area contributed by atoms with Crippen molar-refractivity contribution in [2.24, 2.45) is 11.5 Å². The first-order valence-electron chi connectivity index (χ1n) is 2.32. The molecule has 0 rings (SSSR count). The lowest BCUT2D eigenvalue weighted by molar-refractivity contribution is 0.755. The average Bonchev–Trinajstić information content (AvgIpc) is 1.61. The van der Waals surface area contributed by atoms with Crippen LogP contribution in [0.3, 0.4) is 0 Å². The summed E-state index contributed by atoms with van der Waals surface area (Å²) in [4.78, 5) is 0. The number of unbranched alkanes of at least 4 members (excludes halogenated alkanes) is 1. The van der Waals surface area contributed by atoms with Gasteiger partial charge in [-0.2, -0.15) is 0 Å². The highest BCUT2D eigenvalue weighted by Crippen LogP contribution is 1.77. The summed E-state index contributed by atoms with van der Waals surface area (Å²) < 4.78 is 0. The second-order valence-electron chi connectivity index (χ2n) is 1.28. The summed E-state index contributed by atoms with van der Waals surface area (Å²) in [7, 11) is 0. The molecule has 0 aromatic heterocycles. The highest BCUT2D eigenvalue weighted by molar-refractivity contribution is 4.38. The van der Waals surface area contributed by atoms with Gasteiger partial charge in [0.05, 0.1) is 0 Å². The fourth-order valence-corrected chi connectivity index (χ4v) is 0.289. The molecule has 0 aliphatic carbocycles. The molecule has 0 amide bonds. The first-order valence-corrected chi connectivity index (χ1v) is 2.32. The zero-order valence-electron chi connectivity index (χ0n) is 3.98. The van der Waals surface area contributed by atoms with E-state index in [-0.39, 0.29) is 44.6 Å². The Bertz CT molecular complexity index is 19.8. The van der Waals surface area contributed by atoms with Crippen molar-refractivity contribution in [1.82, 2.24) is 0 Å². The molecule has 0 unspecified atom stereocenters. The first-order chi connectivity index (χ1) is 2.91. The van der Waals surface area contributed by atoms with Crippen molar-refractivity contribution in [1.29, 1.82) is 0 Å². The van der Waals surface area contributed by atoms with Crippen LogP contribution in [0.4, 0.5) is 0 Å². The van der Waals surface area contributed by atoms with E-state index in [1.807, 2.05) is 0 Å². The van der Waals surface area contributed by atoms with Gasteiger partial charge in [-0.3, -0.25) is 0 Å². The van der Waals surface area contributed by atoms with Gasteiger partial charge in [0.25, 0.3) is 0 Å². The lowest BCUT2D eigenvalue weighted by Gasteiger charge is -1.87. The summed E-state index contributed by atoms with van der Waals surface area (Å²) >= 11 is 0. The predicted molar refractivity (Wildman–Crippen MR) is 67.7 cm³/mol. The molecular weight excluding hydrogens is 148 g/mol. The SMILES string of the molecule is C.C.C.C.C.C.NCCCCN. The van der Waals surface area contributed by atoms with Crippen LogP contribution < -0.4 is 11.5 Å². The van der Waals surface area contributed by atoms with Gasteiger partial charge in [0.15, 0.2) is 0 Å². The van der Waals surface area contributed by atoms with Crippen molar-refractivity contribution in [3.05, 3.63) is 0 Å². The Hall–Kier alpha value is -0.0800. The lowest BCUT2D eigenvalue weighted by atomic mass is 10.3. The molecule has 0 bridgehead atoms. The minimum atomic E-state index is 0. The van der Waals surface area contributed by atoms with Gasteiger partial charge in [0, 0.05) is 0 Å². The minimum Gasteiger partial charge on any atom is -0.330 e. The maximum absolute atomic E-state index is 5.16. The first kappa shape index (κ1) is 58.7. The zero-order valence-corrected chi connectivity index (χ0v) is 3.98. The third-order valence-corrected chi connectivity index (χ3v) is 0.658. The Morgan fingerprint density at radius 3 is 0.750 bits per heavy atom. The summed E-state index contributed by atoms with van der Waals surface area (Å²) in [6.45, 7) is 1.55. The summed E-state index contributed by atoms with van der Waals surface area (Å²) in [5.74, 6) is 0. The van der Waals surface area contributed by atoms with Gasteiger partial charge in [-0.1, -0.05) is 44.6 Å². The number of rotatable bonds is 3. The van der Waals surface area contributed by atoms with Gasteiger partial charge in [0.1, 0.15) is 0 Å². The van der Waals surface area contributed by atoms with Crippen molar-refractivity contribution in [2.75, 3.05) is 13.1 Å². The van der Waals surface area contributed by atoms with Crippen LogP contribution in [0, 0.1) is 0 Å². The van der Waals surface area contributed by atoms with Crippen molar-refractivity contribution in [3.63, 3.8) is 0 Å². The molecule has 2 nitrogen and oxygen atoms in total. The Morgan fingerprint density at radius 1 is 0.500 bits per heavy atom. The molecule has 0 saturated carbocycles. The summed E-state index contributed by atoms with van der Waals surface area (Å²) in [6.07, 6.45) is 2.13. The quantitative estimate of drug-likeness (QED) is 0.660. The monoisotopic (exact) mass is 184 g/mol. The maximum Gasteiger partial charge on any atom is -0.00768 e. The molecule has 4 N–H and O–H groups in total. The van der Waals surface area contributed by atoms with Crippen molar-refractivity contribution in [2.45, 2.75) is 57.4 Å². The highest BCUT2D eigenvalue weighted by atomic mass is 14.5. The third kappa shape index (κ3) is 92.6. The second-order valence-corrected chi connectivity index (χ2v) is 1.28. The van der Waals surface area contributed by atoms with E-state index in [1.54, 1.807) is 0 Å². The molecule has 0 heterocycles. The smallest absolute Gasteiger partial charge is 0.00768 e. The Labute approximate surface area is 82.7 Å². The largest absolute Gasteiger partial charge is 0.330 e. The Morgan fingerprint density at radius 2 is 0.667 bits per heavy atom. The third-order valence-electron chi connectivity index (χ3n) is 0.658. The Balaban J connectivity index is -0.00000000833. The van der Waals surface area contributed by atoms with E-state index < -0.39 is 0 Å². The fourth-order valence-electron chi connectivity index (χ4n) is 0.289. The van der Waals surface area contributed by atoms with E-state index in [4.69, 9.17) is 11.5 Å². The second kappa shape index (κ2) is 69.9. The molecule has 0 fully saturated rings. The van der Waals surface area contributed by atoms with Gasteiger partial charge >= 0.3 is 0 Å². The van der Waals surface area contributed by atoms with E-state index in [9.17, 15) is 0 Å². The minimum absolute atomic E-state index is 0. The van der Waals surface area contributed by atoms with E-state index in [0.717, 1.165) is 25.9 Å². The molecule has 0 aliphatic heterocycles. The summed E-state index contributed by atoms with van der Waals surface area (Å²) in [5, 5.41) is 0. The molecule has 0 aromatic carbocycles. The van der Waals surface area contributed by atoms with Gasteiger partial charge < -0.3 is 11.5 Å². The molecular formula is C10H36N2. The van der Waals surface area contributed by atoms with E-state index >= 15 is 0 Å². The van der Waals surface area contributed by atoms with Gasteiger partial charge in [-0.05, 0) is 25.9 Å². The molecule has 0 saturated heterocycles. The van der Waals surface area contributed by atoms with Crippen molar-refractivity contribution in [3.8, 4) is 0 Å². The number of hydrogen-bond donors (Lipinski definition) is 2. The topological polar surface area (TPSA) is 52.0 Å². The zero-order chi connectivity index (χ0) is 4.83. The highest BCUT2D eigenvalue weighted by Gasteiger charge is 1.75. The normalized spacial score (nSPS) is 4.50. The van der Waals surface area contributed by atoms with Crippen LogP contribution in [0.25, 0.3) is 0 Å². The lowest BCUT2D eigenvalue weighted by Crippen LogP contribution is -2.03.